The number of amides is 2. The van der Waals surface area contributed by atoms with Crippen LogP contribution in [-0.2, 0) is 9.59 Å². The second kappa shape index (κ2) is 7.16. The number of benzene rings is 1. The summed E-state index contributed by atoms with van der Waals surface area (Å²) in [5.41, 5.74) is 0.813. The van der Waals surface area contributed by atoms with Crippen LogP contribution < -0.4 is 16.0 Å². The van der Waals surface area contributed by atoms with Crippen LogP contribution in [0.1, 0.15) is 52.4 Å². The van der Waals surface area contributed by atoms with Crippen molar-refractivity contribution in [3.63, 3.8) is 0 Å². The molecule has 6 nitrogen and oxygen atoms in total. The van der Waals surface area contributed by atoms with Crippen molar-refractivity contribution in [2.24, 2.45) is 17.3 Å². The van der Waals surface area contributed by atoms with Crippen LogP contribution in [-0.4, -0.2) is 35.1 Å². The predicted molar refractivity (Wildman–Crippen MR) is 109 cm³/mol. The van der Waals surface area contributed by atoms with E-state index in [1.807, 2.05) is 12.1 Å². The minimum atomic E-state index is -0.487. The molecule has 0 saturated heterocycles. The van der Waals surface area contributed by atoms with Gasteiger partial charge in [-0.15, -0.1) is 0 Å². The first kappa shape index (κ1) is 19.4. The molecule has 4 saturated carbocycles. The zero-order chi connectivity index (χ0) is 19.9. The molecule has 0 aromatic heterocycles. The van der Waals surface area contributed by atoms with E-state index in [1.165, 1.54) is 13.3 Å². The first-order chi connectivity index (χ1) is 13.3. The Kier molecular flexibility index (Phi) is 4.96. The molecular weight excluding hydrogens is 354 g/mol. The van der Waals surface area contributed by atoms with Gasteiger partial charge in [0, 0.05) is 13.0 Å². The number of hydrogen-bond acceptors (Lipinski definition) is 4. The summed E-state index contributed by atoms with van der Waals surface area (Å²) in [7, 11) is 0. The van der Waals surface area contributed by atoms with Gasteiger partial charge in [0.2, 0.25) is 11.8 Å². The van der Waals surface area contributed by atoms with Crippen LogP contribution in [0.25, 0.3) is 0 Å². The summed E-state index contributed by atoms with van der Waals surface area (Å²) in [6.07, 6.45) is 6.35. The van der Waals surface area contributed by atoms with Crippen molar-refractivity contribution in [3.8, 4) is 0 Å². The zero-order valence-electron chi connectivity index (χ0n) is 16.8. The summed E-state index contributed by atoms with van der Waals surface area (Å²) in [5.74, 6) is 0.962. The highest BCUT2D eigenvalue weighted by atomic mass is 16.3. The van der Waals surface area contributed by atoms with Crippen LogP contribution in [0.2, 0.25) is 0 Å². The van der Waals surface area contributed by atoms with Crippen LogP contribution >= 0.6 is 0 Å². The summed E-state index contributed by atoms with van der Waals surface area (Å²) in [6, 6.07) is 7.37. The second-order valence-corrected chi connectivity index (χ2v) is 9.43. The van der Waals surface area contributed by atoms with E-state index in [1.54, 1.807) is 12.1 Å². The van der Waals surface area contributed by atoms with Crippen molar-refractivity contribution in [1.82, 2.24) is 5.32 Å². The predicted octanol–water partition coefficient (Wildman–Crippen LogP) is 2.89. The van der Waals surface area contributed by atoms with E-state index in [9.17, 15) is 14.7 Å². The molecule has 152 valence electrons. The second-order valence-electron chi connectivity index (χ2n) is 9.43. The molecule has 2 amide bonds. The van der Waals surface area contributed by atoms with Gasteiger partial charge < -0.3 is 21.1 Å². The van der Waals surface area contributed by atoms with E-state index in [4.69, 9.17) is 0 Å². The highest BCUT2D eigenvalue weighted by Crippen LogP contribution is 2.62. The topological polar surface area (TPSA) is 90.5 Å². The Labute approximate surface area is 166 Å². The van der Waals surface area contributed by atoms with Crippen molar-refractivity contribution in [2.75, 3.05) is 17.2 Å². The zero-order valence-corrected chi connectivity index (χ0v) is 16.8. The van der Waals surface area contributed by atoms with Crippen LogP contribution in [0.5, 0.6) is 0 Å². The van der Waals surface area contributed by atoms with Crippen LogP contribution in [0.3, 0.4) is 0 Å². The van der Waals surface area contributed by atoms with Crippen molar-refractivity contribution >= 4 is 23.2 Å². The first-order valence-corrected chi connectivity index (χ1v) is 10.4. The average Bonchev–Trinajstić information content (AvgIpc) is 2.59. The molecule has 3 unspecified atom stereocenters. The Hall–Kier alpha value is -1.92. The fraction of sp³-hybridized carbons (Fsp3) is 0.636. The summed E-state index contributed by atoms with van der Waals surface area (Å²) >= 11 is 0. The quantitative estimate of drug-likeness (QED) is 0.606. The van der Waals surface area contributed by atoms with Gasteiger partial charge in [0.25, 0.3) is 0 Å². The van der Waals surface area contributed by atoms with Crippen molar-refractivity contribution in [1.29, 1.82) is 0 Å². The summed E-state index contributed by atoms with van der Waals surface area (Å²) in [5, 5.41) is 20.0. The van der Waals surface area contributed by atoms with Crippen molar-refractivity contribution < 1.29 is 14.7 Å². The lowest BCUT2D eigenvalue weighted by atomic mass is 9.46. The van der Waals surface area contributed by atoms with E-state index in [0.717, 1.165) is 32.1 Å². The summed E-state index contributed by atoms with van der Waals surface area (Å²) < 4.78 is 0. The molecule has 1 aromatic carbocycles. The molecule has 4 bridgehead atoms. The molecule has 4 N–H and O–H groups in total. The Bertz CT molecular complexity index is 764. The normalized spacial score (nSPS) is 34.1. The Morgan fingerprint density at radius 2 is 1.71 bits per heavy atom. The summed E-state index contributed by atoms with van der Waals surface area (Å²) in [4.78, 5) is 23.9. The van der Waals surface area contributed by atoms with E-state index in [-0.39, 0.29) is 29.8 Å². The lowest BCUT2D eigenvalue weighted by Crippen LogP contribution is -2.61. The number of carbonyl (C=O) groups is 2. The third-order valence-electron chi connectivity index (χ3n) is 7.07. The van der Waals surface area contributed by atoms with Crippen LogP contribution in [0, 0.1) is 17.3 Å². The average molecular weight is 386 g/mol. The first-order valence-electron chi connectivity index (χ1n) is 10.4. The molecule has 0 spiro atoms. The highest BCUT2D eigenvalue weighted by molar-refractivity contribution is 5.99. The Morgan fingerprint density at radius 1 is 1.11 bits per heavy atom. The third-order valence-corrected chi connectivity index (χ3v) is 7.07. The van der Waals surface area contributed by atoms with E-state index >= 15 is 0 Å². The van der Waals surface area contributed by atoms with Gasteiger partial charge in [0.15, 0.2) is 0 Å². The number of anilines is 2. The fourth-order valence-corrected chi connectivity index (χ4v) is 6.34. The van der Waals surface area contributed by atoms with Gasteiger partial charge in [0.05, 0.1) is 23.5 Å². The molecule has 3 atom stereocenters. The fourth-order valence-electron chi connectivity index (χ4n) is 6.34. The molecule has 6 heteroatoms. The number of hydrogen-bond donors (Lipinski definition) is 4. The maximum Gasteiger partial charge on any atom is 0.238 e. The number of rotatable bonds is 6. The van der Waals surface area contributed by atoms with Crippen molar-refractivity contribution in [2.45, 2.75) is 64.0 Å². The van der Waals surface area contributed by atoms with E-state index < -0.39 is 5.60 Å². The van der Waals surface area contributed by atoms with Crippen LogP contribution in [0.15, 0.2) is 24.3 Å². The number of carbonyl (C=O) groups excluding carboxylic acids is 2. The Morgan fingerprint density at radius 3 is 2.29 bits per heavy atom. The molecule has 1 aromatic rings. The van der Waals surface area contributed by atoms with E-state index in [2.05, 4.69) is 22.9 Å². The van der Waals surface area contributed by atoms with Gasteiger partial charge >= 0.3 is 0 Å². The van der Waals surface area contributed by atoms with E-state index in [0.29, 0.717) is 23.2 Å². The SMILES string of the molecule is CC(=O)Nc1ccccc1NC(=O)CNC(C)C12CC3CC(CC(O)(C3)C1)C2. The van der Waals surface area contributed by atoms with Gasteiger partial charge in [-0.1, -0.05) is 12.1 Å². The van der Waals surface area contributed by atoms with Gasteiger partial charge in [-0.05, 0) is 74.8 Å². The maximum absolute atomic E-state index is 12.5. The molecule has 5 rings (SSSR count). The van der Waals surface area contributed by atoms with Gasteiger partial charge in [-0.3, -0.25) is 9.59 Å². The molecule has 4 aliphatic carbocycles. The third kappa shape index (κ3) is 3.80. The molecule has 0 aliphatic heterocycles. The largest absolute Gasteiger partial charge is 0.390 e. The lowest BCUT2D eigenvalue weighted by molar-refractivity contribution is -0.171. The minimum absolute atomic E-state index is 0.104. The van der Waals surface area contributed by atoms with Crippen LogP contribution in [0.4, 0.5) is 11.4 Å². The van der Waals surface area contributed by atoms with Crippen molar-refractivity contribution in [3.05, 3.63) is 24.3 Å². The highest BCUT2D eigenvalue weighted by Gasteiger charge is 2.58. The number of aliphatic hydroxyl groups is 1. The van der Waals surface area contributed by atoms with Gasteiger partial charge in [-0.25, -0.2) is 0 Å². The molecule has 4 aliphatic rings. The molecular formula is C22H31N3O3. The smallest absolute Gasteiger partial charge is 0.238 e. The Balaban J connectivity index is 1.36. The minimum Gasteiger partial charge on any atom is -0.390 e. The molecule has 4 fully saturated rings. The molecule has 0 heterocycles. The molecule has 28 heavy (non-hydrogen) atoms. The van der Waals surface area contributed by atoms with Gasteiger partial charge in [0.1, 0.15) is 0 Å². The standard InChI is InChI=1S/C22H31N3O3/c1-14(21-8-16-7-17(9-21)11-22(28,10-16)13-21)23-12-20(27)25-19-6-4-3-5-18(19)24-15(2)26/h3-6,14,16-17,23,28H,7-13H2,1-2H3,(H,24,26)(H,25,27). The molecule has 0 radical (unpaired) electrons. The number of para-hydroxylation sites is 2. The lowest BCUT2D eigenvalue weighted by Gasteiger charge is -2.62. The van der Waals surface area contributed by atoms with Gasteiger partial charge in [-0.2, -0.15) is 0 Å². The summed E-state index contributed by atoms with van der Waals surface area (Å²) in [6.45, 7) is 3.82. The monoisotopic (exact) mass is 385 g/mol. The number of nitrogens with one attached hydrogen (secondary N) is 3. The maximum atomic E-state index is 12.5.